The fraction of sp³-hybridized carbons (Fsp3) is 0.500. The van der Waals surface area contributed by atoms with E-state index in [1.54, 1.807) is 19.1 Å². The highest BCUT2D eigenvalue weighted by molar-refractivity contribution is 6.18. The normalized spacial score (nSPS) is 15.3. The Morgan fingerprint density at radius 2 is 2.22 bits per heavy atom. The molecule has 1 aliphatic carbocycles. The number of benzene rings is 1. The summed E-state index contributed by atoms with van der Waals surface area (Å²) in [4.78, 5) is 14.2. The van der Waals surface area contributed by atoms with Crippen LogP contribution in [0.3, 0.4) is 0 Å². The van der Waals surface area contributed by atoms with Gasteiger partial charge >= 0.3 is 0 Å². The predicted molar refractivity (Wildman–Crippen MR) is 70.5 cm³/mol. The number of aryl methyl sites for hydroxylation is 1. The van der Waals surface area contributed by atoms with Crippen molar-refractivity contribution in [1.29, 1.82) is 0 Å². The van der Waals surface area contributed by atoms with Crippen LogP contribution in [-0.2, 0) is 0 Å². The Kier molecular flexibility index (Phi) is 4.23. The maximum absolute atomic E-state index is 13.2. The van der Waals surface area contributed by atoms with Gasteiger partial charge in [-0.2, -0.15) is 0 Å². The van der Waals surface area contributed by atoms with E-state index in [0.717, 1.165) is 12.8 Å². The molecule has 0 radical (unpaired) electrons. The van der Waals surface area contributed by atoms with Gasteiger partial charge in [0.25, 0.3) is 5.91 Å². The van der Waals surface area contributed by atoms with Crippen molar-refractivity contribution in [3.63, 3.8) is 0 Å². The molecule has 0 N–H and O–H groups in total. The van der Waals surface area contributed by atoms with Crippen molar-refractivity contribution in [3.05, 3.63) is 35.1 Å². The van der Waals surface area contributed by atoms with Gasteiger partial charge in [0.1, 0.15) is 5.82 Å². The molecule has 0 heterocycles. The first-order valence-electron chi connectivity index (χ1n) is 6.26. The Bertz CT molecular complexity index is 445. The van der Waals surface area contributed by atoms with Gasteiger partial charge in [-0.3, -0.25) is 4.79 Å². The number of rotatable bonds is 4. The molecule has 0 unspecified atom stereocenters. The quantitative estimate of drug-likeness (QED) is 0.768. The van der Waals surface area contributed by atoms with Gasteiger partial charge in [0.15, 0.2) is 0 Å². The van der Waals surface area contributed by atoms with Crippen LogP contribution in [0.5, 0.6) is 0 Å². The molecule has 0 saturated heterocycles. The minimum atomic E-state index is -0.279. The molecule has 1 amide bonds. The minimum Gasteiger partial charge on any atom is -0.334 e. The number of alkyl halides is 1. The zero-order valence-corrected chi connectivity index (χ0v) is 11.2. The molecule has 0 atom stereocenters. The summed E-state index contributed by atoms with van der Waals surface area (Å²) >= 11 is 5.76. The zero-order chi connectivity index (χ0) is 13.1. The molecule has 0 aromatic heterocycles. The molecule has 0 spiro atoms. The van der Waals surface area contributed by atoms with Crippen molar-refractivity contribution < 1.29 is 9.18 Å². The van der Waals surface area contributed by atoms with Crippen LogP contribution in [0.4, 0.5) is 4.39 Å². The third-order valence-electron chi connectivity index (χ3n) is 3.51. The van der Waals surface area contributed by atoms with E-state index in [1.807, 2.05) is 4.90 Å². The van der Waals surface area contributed by atoms with E-state index in [1.165, 1.54) is 12.5 Å². The topological polar surface area (TPSA) is 20.3 Å². The van der Waals surface area contributed by atoms with Crippen LogP contribution in [0.25, 0.3) is 0 Å². The summed E-state index contributed by atoms with van der Waals surface area (Å²) in [6.07, 6.45) is 3.25. The van der Waals surface area contributed by atoms with Crippen LogP contribution in [0.2, 0.25) is 0 Å². The molecule has 2 rings (SSSR count). The molecule has 4 heteroatoms. The van der Waals surface area contributed by atoms with Crippen molar-refractivity contribution in [2.75, 3.05) is 12.4 Å². The maximum atomic E-state index is 13.2. The van der Waals surface area contributed by atoms with E-state index in [4.69, 9.17) is 11.6 Å². The van der Waals surface area contributed by atoms with Gasteiger partial charge < -0.3 is 4.90 Å². The fourth-order valence-electron chi connectivity index (χ4n) is 2.18. The Balaban J connectivity index is 2.18. The van der Waals surface area contributed by atoms with E-state index in [-0.39, 0.29) is 11.7 Å². The van der Waals surface area contributed by atoms with Crippen molar-refractivity contribution in [3.8, 4) is 0 Å². The summed E-state index contributed by atoms with van der Waals surface area (Å²) < 4.78 is 13.2. The van der Waals surface area contributed by atoms with Gasteiger partial charge in [0.2, 0.25) is 0 Å². The van der Waals surface area contributed by atoms with E-state index in [9.17, 15) is 9.18 Å². The van der Waals surface area contributed by atoms with Crippen LogP contribution in [0.15, 0.2) is 18.2 Å². The number of carbonyl (C=O) groups excluding carboxylic acids is 1. The summed E-state index contributed by atoms with van der Waals surface area (Å²) in [5.41, 5.74) is 1.05. The summed E-state index contributed by atoms with van der Waals surface area (Å²) in [5, 5.41) is 0. The molecule has 98 valence electrons. The van der Waals surface area contributed by atoms with Crippen LogP contribution < -0.4 is 0 Å². The van der Waals surface area contributed by atoms with Crippen molar-refractivity contribution in [2.45, 2.75) is 32.2 Å². The second kappa shape index (κ2) is 5.70. The van der Waals surface area contributed by atoms with E-state index in [2.05, 4.69) is 0 Å². The summed E-state index contributed by atoms with van der Waals surface area (Å²) in [6.45, 7) is 2.23. The molecule has 0 bridgehead atoms. The first kappa shape index (κ1) is 13.3. The number of amides is 1. The average Bonchev–Trinajstić information content (AvgIpc) is 2.29. The van der Waals surface area contributed by atoms with E-state index < -0.39 is 0 Å². The van der Waals surface area contributed by atoms with Crippen LogP contribution >= 0.6 is 11.6 Å². The minimum absolute atomic E-state index is 0.0385. The zero-order valence-electron chi connectivity index (χ0n) is 10.5. The lowest BCUT2D eigenvalue weighted by Crippen LogP contribution is -2.45. The number of halogens is 2. The largest absolute Gasteiger partial charge is 0.334 e. The number of carbonyl (C=O) groups is 1. The number of hydrogen-bond donors (Lipinski definition) is 0. The SMILES string of the molecule is Cc1cc(C(=O)N(CCCl)C2CCC2)ccc1F. The standard InChI is InChI=1S/C14H17ClFNO/c1-10-9-11(5-6-13(10)16)14(18)17(8-7-15)12-3-2-4-12/h5-6,9,12H,2-4,7-8H2,1H3. The third kappa shape index (κ3) is 2.66. The van der Waals surface area contributed by atoms with Gasteiger partial charge in [0.05, 0.1) is 0 Å². The second-order valence-corrected chi connectivity index (χ2v) is 5.11. The predicted octanol–water partition coefficient (Wildman–Crippen LogP) is 3.37. The summed E-state index contributed by atoms with van der Waals surface area (Å²) in [5.74, 6) is 0.116. The Morgan fingerprint density at radius 1 is 1.50 bits per heavy atom. The van der Waals surface area contributed by atoms with Crippen molar-refractivity contribution in [2.24, 2.45) is 0 Å². The van der Waals surface area contributed by atoms with Crippen molar-refractivity contribution >= 4 is 17.5 Å². The fourth-order valence-corrected chi connectivity index (χ4v) is 2.37. The van der Waals surface area contributed by atoms with Crippen LogP contribution in [-0.4, -0.2) is 29.3 Å². The Morgan fingerprint density at radius 3 is 2.72 bits per heavy atom. The Labute approximate surface area is 112 Å². The lowest BCUT2D eigenvalue weighted by atomic mass is 9.91. The number of nitrogens with zero attached hydrogens (tertiary/aromatic N) is 1. The highest BCUT2D eigenvalue weighted by Crippen LogP contribution is 2.26. The highest BCUT2D eigenvalue weighted by atomic mass is 35.5. The second-order valence-electron chi connectivity index (χ2n) is 4.74. The molecule has 1 aliphatic rings. The van der Waals surface area contributed by atoms with Gasteiger partial charge in [-0.1, -0.05) is 0 Å². The molecule has 0 aliphatic heterocycles. The van der Waals surface area contributed by atoms with Gasteiger partial charge in [-0.25, -0.2) is 4.39 Å². The van der Waals surface area contributed by atoms with E-state index >= 15 is 0 Å². The molecule has 1 aromatic rings. The van der Waals surface area contributed by atoms with Crippen molar-refractivity contribution in [1.82, 2.24) is 4.90 Å². The molecule has 18 heavy (non-hydrogen) atoms. The average molecular weight is 270 g/mol. The highest BCUT2D eigenvalue weighted by Gasteiger charge is 2.28. The molecular formula is C14H17ClFNO. The molecule has 1 saturated carbocycles. The lowest BCUT2D eigenvalue weighted by molar-refractivity contribution is 0.0598. The lowest BCUT2D eigenvalue weighted by Gasteiger charge is -2.37. The van der Waals surface area contributed by atoms with Gasteiger partial charge in [-0.15, -0.1) is 11.6 Å². The molecular weight excluding hydrogens is 253 g/mol. The summed E-state index contributed by atoms with van der Waals surface area (Å²) in [7, 11) is 0. The third-order valence-corrected chi connectivity index (χ3v) is 3.68. The molecule has 1 aromatic carbocycles. The smallest absolute Gasteiger partial charge is 0.254 e. The van der Waals surface area contributed by atoms with Crippen LogP contribution in [0, 0.1) is 12.7 Å². The Hall–Kier alpha value is -1.09. The first-order valence-corrected chi connectivity index (χ1v) is 6.80. The van der Waals surface area contributed by atoms with Crippen LogP contribution in [0.1, 0.15) is 35.2 Å². The monoisotopic (exact) mass is 269 g/mol. The maximum Gasteiger partial charge on any atom is 0.254 e. The number of hydrogen-bond acceptors (Lipinski definition) is 1. The van der Waals surface area contributed by atoms with Gasteiger partial charge in [-0.05, 0) is 49.9 Å². The van der Waals surface area contributed by atoms with Gasteiger partial charge in [0, 0.05) is 24.0 Å². The molecule has 2 nitrogen and oxygen atoms in total. The first-order chi connectivity index (χ1) is 8.63. The summed E-state index contributed by atoms with van der Waals surface area (Å²) in [6, 6.07) is 4.81. The molecule has 1 fully saturated rings. The van der Waals surface area contributed by atoms with E-state index in [0.29, 0.717) is 29.6 Å².